The topological polar surface area (TPSA) is 72.3 Å². The predicted molar refractivity (Wildman–Crippen MR) is 113 cm³/mol. The SMILES string of the molecule is CC(C)OCc1ccc(C(=O)N2CCC(c3nnc4n3CCNC4)CC2)cc1.Cl. The van der Waals surface area contributed by atoms with E-state index in [1.54, 1.807) is 0 Å². The number of amides is 1. The lowest BCUT2D eigenvalue weighted by molar-refractivity contribution is 0.0654. The summed E-state index contributed by atoms with van der Waals surface area (Å²) < 4.78 is 7.88. The highest BCUT2D eigenvalue weighted by Gasteiger charge is 2.29. The van der Waals surface area contributed by atoms with Crippen molar-refractivity contribution in [2.75, 3.05) is 19.6 Å². The molecule has 0 bridgehead atoms. The Hall–Kier alpha value is -1.96. The number of halogens is 1. The van der Waals surface area contributed by atoms with Gasteiger partial charge in [0.2, 0.25) is 0 Å². The highest BCUT2D eigenvalue weighted by Crippen LogP contribution is 2.28. The van der Waals surface area contributed by atoms with Crippen LogP contribution in [0.15, 0.2) is 24.3 Å². The molecule has 1 amide bonds. The second-order valence-corrected chi connectivity index (χ2v) is 7.93. The van der Waals surface area contributed by atoms with E-state index in [1.807, 2.05) is 43.0 Å². The van der Waals surface area contributed by atoms with E-state index in [9.17, 15) is 4.79 Å². The highest BCUT2D eigenvalue weighted by atomic mass is 35.5. The molecule has 3 heterocycles. The maximum Gasteiger partial charge on any atom is 0.253 e. The van der Waals surface area contributed by atoms with Gasteiger partial charge in [0.25, 0.3) is 5.91 Å². The number of carbonyl (C=O) groups is 1. The van der Waals surface area contributed by atoms with E-state index in [0.717, 1.165) is 68.3 Å². The fraction of sp³-hybridized carbons (Fsp3) is 0.571. The first-order valence-corrected chi connectivity index (χ1v) is 10.2. The molecule has 0 aliphatic carbocycles. The van der Waals surface area contributed by atoms with Crippen molar-refractivity contribution in [1.29, 1.82) is 0 Å². The van der Waals surface area contributed by atoms with E-state index in [4.69, 9.17) is 4.74 Å². The zero-order valence-corrected chi connectivity index (χ0v) is 18.0. The molecule has 2 aliphatic heterocycles. The van der Waals surface area contributed by atoms with Crippen LogP contribution in [0.1, 0.15) is 60.2 Å². The Morgan fingerprint density at radius 3 is 2.59 bits per heavy atom. The lowest BCUT2D eigenvalue weighted by Gasteiger charge is -2.32. The Balaban J connectivity index is 0.00000240. The number of ether oxygens (including phenoxy) is 1. The molecular weight excluding hydrogens is 390 g/mol. The molecule has 0 spiro atoms. The molecule has 1 aromatic heterocycles. The summed E-state index contributed by atoms with van der Waals surface area (Å²) in [5.74, 6) is 2.63. The van der Waals surface area contributed by atoms with Crippen molar-refractivity contribution in [3.8, 4) is 0 Å². The van der Waals surface area contributed by atoms with E-state index in [2.05, 4.69) is 20.1 Å². The molecule has 158 valence electrons. The maximum atomic E-state index is 12.9. The van der Waals surface area contributed by atoms with Crippen molar-refractivity contribution in [2.45, 2.75) is 58.4 Å². The van der Waals surface area contributed by atoms with Gasteiger partial charge in [-0.15, -0.1) is 22.6 Å². The third kappa shape index (κ3) is 4.97. The number of nitrogens with one attached hydrogen (secondary N) is 1. The third-order valence-electron chi connectivity index (χ3n) is 5.58. The van der Waals surface area contributed by atoms with Gasteiger partial charge in [-0.1, -0.05) is 12.1 Å². The summed E-state index contributed by atoms with van der Waals surface area (Å²) in [5, 5.41) is 12.1. The quantitative estimate of drug-likeness (QED) is 0.806. The number of benzene rings is 1. The molecule has 2 aliphatic rings. The fourth-order valence-corrected chi connectivity index (χ4v) is 3.95. The summed E-state index contributed by atoms with van der Waals surface area (Å²) in [6.45, 7) is 8.85. The lowest BCUT2D eigenvalue weighted by atomic mass is 9.95. The van der Waals surface area contributed by atoms with E-state index < -0.39 is 0 Å². The summed E-state index contributed by atoms with van der Waals surface area (Å²) in [6, 6.07) is 7.79. The molecule has 1 fully saturated rings. The molecule has 7 nitrogen and oxygen atoms in total. The lowest BCUT2D eigenvalue weighted by Crippen LogP contribution is -2.38. The second kappa shape index (κ2) is 9.69. The van der Waals surface area contributed by atoms with Gasteiger partial charge in [0.05, 0.1) is 19.3 Å². The standard InChI is InChI=1S/C21H29N5O2.ClH/c1-15(2)28-14-16-3-5-18(6-4-16)21(27)25-10-7-17(8-11-25)20-24-23-19-13-22-9-12-26(19)20;/h3-6,15,17,22H,7-14H2,1-2H3;1H. The average molecular weight is 420 g/mol. The van der Waals surface area contributed by atoms with Crippen LogP contribution >= 0.6 is 12.4 Å². The fourth-order valence-electron chi connectivity index (χ4n) is 3.95. The predicted octanol–water partition coefficient (Wildman–Crippen LogP) is 2.75. The number of aromatic nitrogens is 3. The number of hydrogen-bond donors (Lipinski definition) is 1. The molecule has 0 radical (unpaired) electrons. The highest BCUT2D eigenvalue weighted by molar-refractivity contribution is 5.94. The van der Waals surface area contributed by atoms with E-state index >= 15 is 0 Å². The summed E-state index contributed by atoms with van der Waals surface area (Å²) in [4.78, 5) is 14.8. The normalized spacial score (nSPS) is 17.1. The summed E-state index contributed by atoms with van der Waals surface area (Å²) in [6.07, 6.45) is 2.09. The smallest absolute Gasteiger partial charge is 0.253 e. The van der Waals surface area contributed by atoms with E-state index in [-0.39, 0.29) is 24.4 Å². The van der Waals surface area contributed by atoms with E-state index in [0.29, 0.717) is 12.5 Å². The molecular formula is C21H30ClN5O2. The molecule has 0 saturated carbocycles. The largest absolute Gasteiger partial charge is 0.374 e. The zero-order chi connectivity index (χ0) is 19.5. The Morgan fingerprint density at radius 1 is 1.17 bits per heavy atom. The Morgan fingerprint density at radius 2 is 1.90 bits per heavy atom. The number of hydrogen-bond acceptors (Lipinski definition) is 5. The van der Waals surface area contributed by atoms with Crippen LogP contribution in [0.4, 0.5) is 0 Å². The van der Waals surface area contributed by atoms with Crippen LogP contribution in [0.3, 0.4) is 0 Å². The Kier molecular flexibility index (Phi) is 7.27. The van der Waals surface area contributed by atoms with Crippen molar-refractivity contribution in [2.24, 2.45) is 0 Å². The maximum absolute atomic E-state index is 12.9. The van der Waals surface area contributed by atoms with Gasteiger partial charge in [0, 0.05) is 37.7 Å². The monoisotopic (exact) mass is 419 g/mol. The molecule has 1 saturated heterocycles. The third-order valence-corrected chi connectivity index (χ3v) is 5.58. The van der Waals surface area contributed by atoms with Gasteiger partial charge in [-0.05, 0) is 44.4 Å². The molecule has 0 unspecified atom stereocenters. The van der Waals surface area contributed by atoms with Crippen LogP contribution in [0.2, 0.25) is 0 Å². The number of carbonyl (C=O) groups excluding carboxylic acids is 1. The first kappa shape index (κ1) is 21.7. The first-order valence-electron chi connectivity index (χ1n) is 10.2. The molecule has 4 rings (SSSR count). The number of rotatable bonds is 5. The number of fused-ring (bicyclic) bond motifs is 1. The minimum absolute atomic E-state index is 0. The van der Waals surface area contributed by atoms with Gasteiger partial charge < -0.3 is 19.5 Å². The Bertz CT molecular complexity index is 813. The number of likely N-dealkylation sites (tertiary alicyclic amines) is 1. The average Bonchev–Trinajstić information content (AvgIpc) is 3.16. The van der Waals surface area contributed by atoms with Crippen LogP contribution < -0.4 is 5.32 Å². The minimum atomic E-state index is 0. The van der Waals surface area contributed by atoms with Crippen LogP contribution in [-0.2, 0) is 24.4 Å². The van der Waals surface area contributed by atoms with Crippen molar-refractivity contribution in [3.05, 3.63) is 47.0 Å². The van der Waals surface area contributed by atoms with Crippen molar-refractivity contribution < 1.29 is 9.53 Å². The minimum Gasteiger partial charge on any atom is -0.374 e. The zero-order valence-electron chi connectivity index (χ0n) is 17.1. The first-order chi connectivity index (χ1) is 13.6. The second-order valence-electron chi connectivity index (χ2n) is 7.93. The molecule has 0 atom stereocenters. The van der Waals surface area contributed by atoms with Crippen LogP contribution in [0, 0.1) is 0 Å². The van der Waals surface area contributed by atoms with Crippen molar-refractivity contribution >= 4 is 18.3 Å². The molecule has 29 heavy (non-hydrogen) atoms. The van der Waals surface area contributed by atoms with Gasteiger partial charge >= 0.3 is 0 Å². The van der Waals surface area contributed by atoms with E-state index in [1.165, 1.54) is 0 Å². The molecule has 1 aromatic carbocycles. The number of nitrogens with zero attached hydrogens (tertiary/aromatic N) is 4. The molecule has 1 N–H and O–H groups in total. The molecule has 8 heteroatoms. The van der Waals surface area contributed by atoms with Crippen LogP contribution in [0.5, 0.6) is 0 Å². The number of piperidine rings is 1. The van der Waals surface area contributed by atoms with Gasteiger partial charge in [0.15, 0.2) is 0 Å². The molecule has 2 aromatic rings. The van der Waals surface area contributed by atoms with Crippen LogP contribution in [0.25, 0.3) is 0 Å². The van der Waals surface area contributed by atoms with Gasteiger partial charge in [-0.2, -0.15) is 0 Å². The summed E-state index contributed by atoms with van der Waals surface area (Å²) >= 11 is 0. The Labute approximate surface area is 178 Å². The van der Waals surface area contributed by atoms with Gasteiger partial charge in [-0.3, -0.25) is 4.79 Å². The van der Waals surface area contributed by atoms with Gasteiger partial charge in [0.1, 0.15) is 11.6 Å². The van der Waals surface area contributed by atoms with Crippen LogP contribution in [-0.4, -0.2) is 51.3 Å². The van der Waals surface area contributed by atoms with Crippen molar-refractivity contribution in [1.82, 2.24) is 25.0 Å². The summed E-state index contributed by atoms with van der Waals surface area (Å²) in [7, 11) is 0. The van der Waals surface area contributed by atoms with Gasteiger partial charge in [-0.25, -0.2) is 0 Å². The van der Waals surface area contributed by atoms with Crippen molar-refractivity contribution in [3.63, 3.8) is 0 Å². The summed E-state index contributed by atoms with van der Waals surface area (Å²) in [5.41, 5.74) is 1.84.